The first-order chi connectivity index (χ1) is 14.1. The van der Waals surface area contributed by atoms with Gasteiger partial charge in [0.05, 0.1) is 6.04 Å². The lowest BCUT2D eigenvalue weighted by molar-refractivity contribution is -0.121. The molecule has 2 unspecified atom stereocenters. The summed E-state index contributed by atoms with van der Waals surface area (Å²) >= 11 is 0. The van der Waals surface area contributed by atoms with Gasteiger partial charge < -0.3 is 28.3 Å². The number of hydrogen-bond donors (Lipinski definition) is 5. The van der Waals surface area contributed by atoms with Crippen LogP contribution in [0.2, 0.25) is 0 Å². The molecule has 0 aromatic carbocycles. The van der Waals surface area contributed by atoms with Crippen LogP contribution in [-0.4, -0.2) is 49.7 Å². The third-order valence-electron chi connectivity index (χ3n) is 3.86. The van der Waals surface area contributed by atoms with Gasteiger partial charge in [-0.15, -0.1) is 0 Å². The zero-order valence-electron chi connectivity index (χ0n) is 20.6. The number of guanidine groups is 2. The van der Waals surface area contributed by atoms with E-state index in [2.05, 4.69) is 15.3 Å². The van der Waals surface area contributed by atoms with Crippen molar-refractivity contribution >= 4 is 23.5 Å². The fourth-order valence-corrected chi connectivity index (χ4v) is 2.30. The Hall–Kier alpha value is -2.16. The van der Waals surface area contributed by atoms with Crippen LogP contribution in [0.15, 0.2) is 9.98 Å². The number of ketones is 2. The Morgan fingerprint density at radius 1 is 0.962 bits per heavy atom. The summed E-state index contributed by atoms with van der Waals surface area (Å²) in [5, 5.41) is 2.93. The van der Waals surface area contributed by atoms with E-state index in [1.54, 1.807) is 20.9 Å². The standard InChI is InChI=1S/C9H19N3O.C8H18N4O.4H2/c1-3-8(7(2)13)5-4-6-12-9(10)11;1-6(13)7(11-2)4-3-5-12-8(9)10;;;;/h8H,3-6H2,1-2H3,(H4,10,11,12);7,11H,3-5H2,1-2H3,(H4,9,10,12);4*1H/i;;2*1+1D;2*1+1. The van der Waals surface area contributed by atoms with E-state index in [-0.39, 0.29) is 38.3 Å². The number of rotatable bonds is 12. The molecule has 9 heteroatoms. The van der Waals surface area contributed by atoms with Crippen molar-refractivity contribution in [3.05, 3.63) is 0 Å². The number of likely N-dealkylation sites (N-methyl/N-ethyl adjacent to an activating group) is 1. The van der Waals surface area contributed by atoms with Crippen LogP contribution in [0.5, 0.6) is 0 Å². The predicted molar refractivity (Wildman–Crippen MR) is 116 cm³/mol. The van der Waals surface area contributed by atoms with Gasteiger partial charge in [0.15, 0.2) is 11.9 Å². The number of aliphatic imine (C=N–C) groups is 2. The average Bonchev–Trinajstić information content (AvgIpc) is 2.70. The topological polar surface area (TPSA) is 175 Å². The van der Waals surface area contributed by atoms with Crippen molar-refractivity contribution in [1.29, 1.82) is 0 Å². The number of nitrogens with one attached hydrogen (secondary N) is 1. The maximum Gasteiger partial charge on any atom is 0.185 e. The maximum atomic E-state index is 11.0. The monoisotopic (exact) mass is 385 g/mol. The predicted octanol–water partition coefficient (Wildman–Crippen LogP) is 0.856. The third-order valence-corrected chi connectivity index (χ3v) is 3.86. The Kier molecular flexibility index (Phi) is 13.7. The third kappa shape index (κ3) is 16.7. The second kappa shape index (κ2) is 16.3. The van der Waals surface area contributed by atoms with Gasteiger partial charge in [0, 0.05) is 27.8 Å². The second-order valence-corrected chi connectivity index (χ2v) is 6.07. The number of carbonyl (C=O) groups is 2. The van der Waals surface area contributed by atoms with Gasteiger partial charge in [-0.3, -0.25) is 19.6 Å². The van der Waals surface area contributed by atoms with Crippen LogP contribution in [0.3, 0.4) is 0 Å². The summed E-state index contributed by atoms with van der Waals surface area (Å²) in [6, 6.07) is -0.0748. The van der Waals surface area contributed by atoms with Gasteiger partial charge in [0.25, 0.3) is 0 Å². The molecule has 0 aromatic heterocycles. The van der Waals surface area contributed by atoms with E-state index >= 15 is 0 Å². The van der Waals surface area contributed by atoms with Crippen LogP contribution in [-0.2, 0) is 9.59 Å². The highest BCUT2D eigenvalue weighted by Gasteiger charge is 2.10. The molecule has 160 valence electrons. The number of carbonyl (C=O) groups excluding carboxylic acids is 2. The first kappa shape index (κ1) is 21.9. The molecule has 0 bridgehead atoms. The summed E-state index contributed by atoms with van der Waals surface area (Å²) in [7, 11) is 1.77. The van der Waals surface area contributed by atoms with Crippen LogP contribution in [0.4, 0.5) is 0 Å². The second-order valence-electron chi connectivity index (χ2n) is 6.07. The van der Waals surface area contributed by atoms with Crippen molar-refractivity contribution in [2.24, 2.45) is 38.8 Å². The molecule has 0 aliphatic heterocycles. The Morgan fingerprint density at radius 3 is 1.73 bits per heavy atom. The Bertz CT molecular complexity index is 436. The Balaban J connectivity index is -0.0000000864. The molecule has 0 aromatic rings. The lowest BCUT2D eigenvalue weighted by Crippen LogP contribution is -2.32. The van der Waals surface area contributed by atoms with Crippen LogP contribution in [0.1, 0.15) is 61.7 Å². The minimum absolute atomic E-state index is 0. The van der Waals surface area contributed by atoms with Crippen LogP contribution < -0.4 is 28.3 Å². The number of hydrogen-bond acceptors (Lipinski definition) is 5. The number of nitrogens with zero attached hydrogens (tertiary/aromatic N) is 2. The summed E-state index contributed by atoms with van der Waals surface area (Å²) in [5.41, 5.74) is 20.6. The molecular formula is C17H45N7O2. The van der Waals surface area contributed by atoms with Crippen LogP contribution in [0.25, 0.3) is 0 Å². The van der Waals surface area contributed by atoms with E-state index in [1.165, 1.54) is 0 Å². The Labute approximate surface area is 166 Å². The summed E-state index contributed by atoms with van der Waals surface area (Å²) in [4.78, 5) is 29.6. The van der Waals surface area contributed by atoms with Crippen molar-refractivity contribution in [3.63, 3.8) is 0 Å². The lowest BCUT2D eigenvalue weighted by Gasteiger charge is -2.10. The molecule has 0 saturated heterocycles. The summed E-state index contributed by atoms with van der Waals surface area (Å²) < 4.78 is 20.0. The number of Topliss-reactive ketones (excluding diaryl/α,β-unsaturated/α-hetero) is 2. The molecule has 9 N–H and O–H groups in total. The van der Waals surface area contributed by atoms with E-state index < -0.39 is 0 Å². The van der Waals surface area contributed by atoms with E-state index in [0.29, 0.717) is 13.1 Å². The molecule has 0 heterocycles. The van der Waals surface area contributed by atoms with E-state index in [4.69, 9.17) is 28.9 Å². The minimum atomic E-state index is -0.0748. The largest absolute Gasteiger partial charge is 0.370 e. The SMILES string of the molecule is CCC(CCCN=C(N)N)C(C)=O.CNC(CCCN=C(N)N)C(C)=O.[2HH].[2HH].[2H][2H].[2H][2H]. The van der Waals surface area contributed by atoms with Gasteiger partial charge >= 0.3 is 0 Å². The average molecular weight is 386 g/mol. The van der Waals surface area contributed by atoms with Gasteiger partial charge in [-0.1, -0.05) is 6.92 Å². The molecule has 0 saturated carbocycles. The summed E-state index contributed by atoms with van der Waals surface area (Å²) in [5.74, 6) is 0.799. The molecule has 0 fully saturated rings. The van der Waals surface area contributed by atoms with E-state index in [0.717, 1.165) is 32.1 Å². The highest BCUT2D eigenvalue weighted by atomic mass is 16.1. The van der Waals surface area contributed by atoms with Gasteiger partial charge in [0.1, 0.15) is 11.6 Å². The molecular weight excluding hydrogens is 334 g/mol. The fraction of sp³-hybridized carbons (Fsp3) is 0.765. The first-order valence-electron chi connectivity index (χ1n) is 10.9. The van der Waals surface area contributed by atoms with Crippen molar-refractivity contribution in [2.45, 2.75) is 58.9 Å². The molecule has 2 atom stereocenters. The molecule has 0 amide bonds. The highest BCUT2D eigenvalue weighted by Crippen LogP contribution is 2.11. The minimum Gasteiger partial charge on any atom is -0.370 e. The first-order valence-corrected chi connectivity index (χ1v) is 8.94. The van der Waals surface area contributed by atoms with Crippen LogP contribution in [0, 0.1) is 5.92 Å². The highest BCUT2D eigenvalue weighted by molar-refractivity contribution is 5.81. The molecule has 0 spiro atoms. The smallest absolute Gasteiger partial charge is 0.185 e. The van der Waals surface area contributed by atoms with Crippen molar-refractivity contribution in [2.75, 3.05) is 20.1 Å². The van der Waals surface area contributed by atoms with Gasteiger partial charge in [-0.25, -0.2) is 0 Å². The van der Waals surface area contributed by atoms with Crippen molar-refractivity contribution < 1.29 is 18.4 Å². The number of nitrogens with two attached hydrogens (primary N) is 4. The zero-order valence-corrected chi connectivity index (χ0v) is 16.6. The van der Waals surface area contributed by atoms with Crippen molar-refractivity contribution in [3.8, 4) is 0 Å². The van der Waals surface area contributed by atoms with Crippen LogP contribution >= 0.6 is 0 Å². The fourth-order valence-electron chi connectivity index (χ4n) is 2.30. The molecule has 9 nitrogen and oxygen atoms in total. The van der Waals surface area contributed by atoms with Gasteiger partial charge in [-0.05, 0) is 53.0 Å². The normalized spacial score (nSPS) is 12.8. The molecule has 26 heavy (non-hydrogen) atoms. The summed E-state index contributed by atoms with van der Waals surface area (Å²) in [6.45, 7) is 6.42. The van der Waals surface area contributed by atoms with E-state index in [1.807, 2.05) is 6.92 Å². The molecule has 0 rings (SSSR count). The molecule has 0 aliphatic carbocycles. The lowest BCUT2D eigenvalue weighted by atomic mass is 9.96. The maximum absolute atomic E-state index is 11.0. The summed E-state index contributed by atoms with van der Waals surface area (Å²) in [6.07, 6.45) is 4.22. The van der Waals surface area contributed by atoms with E-state index in [9.17, 15) is 9.59 Å². The Morgan fingerprint density at radius 2 is 1.42 bits per heavy atom. The zero-order chi connectivity index (χ0) is 24.5. The van der Waals surface area contributed by atoms with Crippen molar-refractivity contribution in [1.82, 2.24) is 5.32 Å². The molecule has 0 radical (unpaired) electrons. The quantitative estimate of drug-likeness (QED) is 0.188. The van der Waals surface area contributed by atoms with Gasteiger partial charge in [-0.2, -0.15) is 0 Å². The molecule has 0 aliphatic rings. The van der Waals surface area contributed by atoms with Gasteiger partial charge in [0.2, 0.25) is 0 Å².